The largest absolute Gasteiger partial charge is 0.352 e. The number of amides is 1. The zero-order valence-electron chi connectivity index (χ0n) is 9.84. The van der Waals surface area contributed by atoms with Gasteiger partial charge in [0.1, 0.15) is 0 Å². The minimum absolute atomic E-state index is 0.0155. The van der Waals surface area contributed by atoms with Gasteiger partial charge in [0.05, 0.1) is 0 Å². The first kappa shape index (κ1) is 12.3. The van der Waals surface area contributed by atoms with Crippen molar-refractivity contribution in [1.82, 2.24) is 5.32 Å². The number of carbonyl (C=O) groups excluding carboxylic acids is 1. The molecule has 0 saturated carbocycles. The van der Waals surface area contributed by atoms with Gasteiger partial charge in [-0.25, -0.2) is 0 Å². The van der Waals surface area contributed by atoms with Crippen molar-refractivity contribution < 1.29 is 4.79 Å². The van der Waals surface area contributed by atoms with Crippen LogP contribution in [0.25, 0.3) is 0 Å². The zero-order valence-corrected chi connectivity index (χ0v) is 9.84. The highest BCUT2D eigenvalue weighted by atomic mass is 16.1. The topological polar surface area (TPSA) is 29.1 Å². The average molecular weight is 215 g/mol. The third-order valence-electron chi connectivity index (χ3n) is 2.63. The normalized spacial score (nSPS) is 9.56. The lowest BCUT2D eigenvalue weighted by atomic mass is 10.0. The van der Waals surface area contributed by atoms with E-state index < -0.39 is 0 Å². The molecule has 1 amide bonds. The highest BCUT2D eigenvalue weighted by Gasteiger charge is 2.08. The van der Waals surface area contributed by atoms with Gasteiger partial charge >= 0.3 is 0 Å². The smallest absolute Gasteiger partial charge is 0.251 e. The number of nitrogens with one attached hydrogen (secondary N) is 1. The SMILES string of the molecule is C#CCCCNC(=O)c1cccc(C)c1C. The van der Waals surface area contributed by atoms with Gasteiger partial charge in [0.15, 0.2) is 0 Å². The van der Waals surface area contributed by atoms with Crippen LogP contribution in [0.2, 0.25) is 0 Å². The lowest BCUT2D eigenvalue weighted by molar-refractivity contribution is 0.0952. The van der Waals surface area contributed by atoms with Gasteiger partial charge in [0, 0.05) is 18.5 Å². The maximum atomic E-state index is 11.8. The Morgan fingerprint density at radius 3 is 2.88 bits per heavy atom. The molecule has 0 saturated heterocycles. The molecule has 0 aromatic heterocycles. The number of hydrogen-bond donors (Lipinski definition) is 1. The Labute approximate surface area is 97.1 Å². The molecule has 0 heterocycles. The Balaban J connectivity index is 2.60. The van der Waals surface area contributed by atoms with Crippen molar-refractivity contribution in [3.05, 3.63) is 34.9 Å². The Morgan fingerprint density at radius 1 is 1.44 bits per heavy atom. The molecule has 0 bridgehead atoms. The summed E-state index contributed by atoms with van der Waals surface area (Å²) in [5.74, 6) is 2.53. The molecular weight excluding hydrogens is 198 g/mol. The Bertz CT molecular complexity index is 415. The number of hydrogen-bond acceptors (Lipinski definition) is 1. The molecule has 16 heavy (non-hydrogen) atoms. The summed E-state index contributed by atoms with van der Waals surface area (Å²) in [5, 5.41) is 2.87. The lowest BCUT2D eigenvalue weighted by Crippen LogP contribution is -2.25. The summed E-state index contributed by atoms with van der Waals surface area (Å²) < 4.78 is 0. The van der Waals surface area contributed by atoms with Gasteiger partial charge in [-0.2, -0.15) is 0 Å². The van der Waals surface area contributed by atoms with Crippen LogP contribution >= 0.6 is 0 Å². The van der Waals surface area contributed by atoms with Crippen molar-refractivity contribution in [2.45, 2.75) is 26.7 Å². The molecule has 2 nitrogen and oxygen atoms in total. The molecule has 0 radical (unpaired) electrons. The third kappa shape index (κ3) is 3.13. The number of rotatable bonds is 4. The van der Waals surface area contributed by atoms with Gasteiger partial charge in [0.25, 0.3) is 5.91 Å². The van der Waals surface area contributed by atoms with E-state index in [0.29, 0.717) is 13.0 Å². The van der Waals surface area contributed by atoms with E-state index in [1.807, 2.05) is 32.0 Å². The second kappa shape index (κ2) is 5.97. The maximum Gasteiger partial charge on any atom is 0.251 e. The van der Waals surface area contributed by atoms with E-state index in [0.717, 1.165) is 23.1 Å². The van der Waals surface area contributed by atoms with E-state index in [-0.39, 0.29) is 5.91 Å². The number of terminal acetylenes is 1. The quantitative estimate of drug-likeness (QED) is 0.606. The molecule has 0 aliphatic heterocycles. The van der Waals surface area contributed by atoms with Crippen LogP contribution in [0, 0.1) is 26.2 Å². The van der Waals surface area contributed by atoms with E-state index in [1.54, 1.807) is 0 Å². The van der Waals surface area contributed by atoms with Crippen molar-refractivity contribution in [3.63, 3.8) is 0 Å². The fourth-order valence-corrected chi connectivity index (χ4v) is 1.48. The molecular formula is C14H17NO. The Morgan fingerprint density at radius 2 is 2.19 bits per heavy atom. The predicted octanol–water partition coefficient (Wildman–Crippen LogP) is 2.45. The minimum Gasteiger partial charge on any atom is -0.352 e. The second-order valence-electron chi connectivity index (χ2n) is 3.81. The van der Waals surface area contributed by atoms with Crippen molar-refractivity contribution >= 4 is 5.91 Å². The average Bonchev–Trinajstić information content (AvgIpc) is 2.28. The summed E-state index contributed by atoms with van der Waals surface area (Å²) in [7, 11) is 0. The standard InChI is InChI=1S/C14H17NO/c1-4-5-6-10-15-14(16)13-9-7-8-11(2)12(13)3/h1,7-9H,5-6,10H2,2-3H3,(H,15,16). The molecule has 0 aliphatic rings. The summed E-state index contributed by atoms with van der Waals surface area (Å²) in [4.78, 5) is 11.8. The zero-order chi connectivity index (χ0) is 12.0. The third-order valence-corrected chi connectivity index (χ3v) is 2.63. The summed E-state index contributed by atoms with van der Waals surface area (Å²) >= 11 is 0. The monoisotopic (exact) mass is 215 g/mol. The summed E-state index contributed by atoms with van der Waals surface area (Å²) in [6, 6.07) is 5.75. The first-order valence-corrected chi connectivity index (χ1v) is 5.44. The molecule has 1 aromatic rings. The number of unbranched alkanes of at least 4 members (excludes halogenated alkanes) is 1. The number of carbonyl (C=O) groups is 1. The van der Waals surface area contributed by atoms with Crippen molar-refractivity contribution in [3.8, 4) is 12.3 Å². The fourth-order valence-electron chi connectivity index (χ4n) is 1.48. The molecule has 1 rings (SSSR count). The molecule has 0 spiro atoms. The fraction of sp³-hybridized carbons (Fsp3) is 0.357. The predicted molar refractivity (Wildman–Crippen MR) is 66.3 cm³/mol. The van der Waals surface area contributed by atoms with Crippen molar-refractivity contribution in [2.24, 2.45) is 0 Å². The lowest BCUT2D eigenvalue weighted by Gasteiger charge is -2.08. The molecule has 0 atom stereocenters. The van der Waals surface area contributed by atoms with E-state index in [9.17, 15) is 4.79 Å². The second-order valence-corrected chi connectivity index (χ2v) is 3.81. The Kier molecular flexibility index (Phi) is 4.60. The van der Waals surface area contributed by atoms with Gasteiger partial charge in [-0.1, -0.05) is 12.1 Å². The van der Waals surface area contributed by atoms with Gasteiger partial charge in [0.2, 0.25) is 0 Å². The van der Waals surface area contributed by atoms with Crippen LogP contribution in [0.4, 0.5) is 0 Å². The molecule has 0 unspecified atom stereocenters. The Hall–Kier alpha value is -1.75. The molecule has 0 aliphatic carbocycles. The highest BCUT2D eigenvalue weighted by molar-refractivity contribution is 5.95. The van der Waals surface area contributed by atoms with Crippen molar-refractivity contribution in [2.75, 3.05) is 6.54 Å². The van der Waals surface area contributed by atoms with Crippen LogP contribution < -0.4 is 5.32 Å². The molecule has 84 valence electrons. The van der Waals surface area contributed by atoms with Gasteiger partial charge in [-0.3, -0.25) is 4.79 Å². The van der Waals surface area contributed by atoms with Crippen LogP contribution in [0.15, 0.2) is 18.2 Å². The van der Waals surface area contributed by atoms with E-state index in [1.165, 1.54) is 0 Å². The van der Waals surface area contributed by atoms with E-state index in [4.69, 9.17) is 6.42 Å². The van der Waals surface area contributed by atoms with Crippen molar-refractivity contribution in [1.29, 1.82) is 0 Å². The molecule has 1 aromatic carbocycles. The first-order chi connectivity index (χ1) is 7.66. The van der Waals surface area contributed by atoms with Crippen LogP contribution in [-0.4, -0.2) is 12.5 Å². The minimum atomic E-state index is -0.0155. The van der Waals surface area contributed by atoms with Crippen LogP contribution in [0.1, 0.15) is 34.3 Å². The van der Waals surface area contributed by atoms with Crippen LogP contribution in [-0.2, 0) is 0 Å². The molecule has 1 N–H and O–H groups in total. The number of aryl methyl sites for hydroxylation is 1. The van der Waals surface area contributed by atoms with E-state index >= 15 is 0 Å². The summed E-state index contributed by atoms with van der Waals surface area (Å²) in [5.41, 5.74) is 2.92. The van der Waals surface area contributed by atoms with Gasteiger partial charge in [-0.05, 0) is 37.5 Å². The van der Waals surface area contributed by atoms with Crippen LogP contribution in [0.3, 0.4) is 0 Å². The van der Waals surface area contributed by atoms with Crippen LogP contribution in [0.5, 0.6) is 0 Å². The summed E-state index contributed by atoms with van der Waals surface area (Å²) in [6.45, 7) is 4.60. The number of benzene rings is 1. The highest BCUT2D eigenvalue weighted by Crippen LogP contribution is 2.12. The maximum absolute atomic E-state index is 11.8. The van der Waals surface area contributed by atoms with Gasteiger partial charge < -0.3 is 5.32 Å². The van der Waals surface area contributed by atoms with E-state index in [2.05, 4.69) is 11.2 Å². The first-order valence-electron chi connectivity index (χ1n) is 5.44. The molecule has 2 heteroatoms. The summed E-state index contributed by atoms with van der Waals surface area (Å²) in [6.07, 6.45) is 6.67. The van der Waals surface area contributed by atoms with Gasteiger partial charge in [-0.15, -0.1) is 12.3 Å². The molecule has 0 fully saturated rings.